The van der Waals surface area contributed by atoms with Crippen LogP contribution in [0.25, 0.3) is 22.7 Å². The summed E-state index contributed by atoms with van der Waals surface area (Å²) in [5, 5.41) is 23.4. The first-order valence-electron chi connectivity index (χ1n) is 9.49. The standard InChI is InChI=1S/C20H13ClN8O3S/c1-11-8-9-27(26-11)20-24-17(23-19(30)15-6-7-16(33-15)29(31)32)14-10-22-28(18(14)25-20)13-4-2-12(21)3-5-13/h2-10H,1H3,(H,23,24,25,30). The molecule has 5 aromatic rings. The van der Waals surface area contributed by atoms with Crippen molar-refractivity contribution in [2.75, 3.05) is 5.32 Å². The van der Waals surface area contributed by atoms with E-state index in [4.69, 9.17) is 11.6 Å². The van der Waals surface area contributed by atoms with E-state index in [2.05, 4.69) is 25.5 Å². The fourth-order valence-electron chi connectivity index (χ4n) is 3.11. The number of nitrogens with one attached hydrogen (secondary N) is 1. The molecule has 13 heteroatoms. The van der Waals surface area contributed by atoms with Gasteiger partial charge in [-0.25, -0.2) is 9.36 Å². The summed E-state index contributed by atoms with van der Waals surface area (Å²) in [5.41, 5.74) is 1.91. The number of aryl methyl sites for hydroxylation is 1. The summed E-state index contributed by atoms with van der Waals surface area (Å²) in [6.07, 6.45) is 3.24. The van der Waals surface area contributed by atoms with Gasteiger partial charge in [-0.3, -0.25) is 14.9 Å². The van der Waals surface area contributed by atoms with Crippen molar-refractivity contribution in [1.29, 1.82) is 0 Å². The summed E-state index contributed by atoms with van der Waals surface area (Å²) in [7, 11) is 0. The lowest BCUT2D eigenvalue weighted by Gasteiger charge is -2.09. The highest BCUT2D eigenvalue weighted by Gasteiger charge is 2.20. The number of halogens is 1. The summed E-state index contributed by atoms with van der Waals surface area (Å²) in [5.74, 6) is -0.113. The van der Waals surface area contributed by atoms with Gasteiger partial charge in [0.05, 0.1) is 32.8 Å². The molecule has 4 heterocycles. The van der Waals surface area contributed by atoms with Gasteiger partial charge in [0.2, 0.25) is 0 Å². The lowest BCUT2D eigenvalue weighted by atomic mass is 10.3. The second kappa shape index (κ2) is 8.07. The predicted octanol–water partition coefficient (Wildman–Crippen LogP) is 4.19. The maximum atomic E-state index is 12.8. The Kier molecular flexibility index (Phi) is 5.07. The largest absolute Gasteiger partial charge is 0.324 e. The molecule has 1 N–H and O–H groups in total. The zero-order valence-electron chi connectivity index (χ0n) is 16.8. The number of nitrogens with zero attached hydrogens (tertiary/aromatic N) is 7. The van der Waals surface area contributed by atoms with Crippen LogP contribution >= 0.6 is 22.9 Å². The van der Waals surface area contributed by atoms with Gasteiger partial charge in [0.15, 0.2) is 5.65 Å². The smallest absolute Gasteiger partial charge is 0.305 e. The lowest BCUT2D eigenvalue weighted by molar-refractivity contribution is -0.380. The third kappa shape index (κ3) is 3.92. The average molecular weight is 481 g/mol. The second-order valence-electron chi connectivity index (χ2n) is 6.89. The highest BCUT2D eigenvalue weighted by atomic mass is 35.5. The van der Waals surface area contributed by atoms with E-state index in [-0.39, 0.29) is 21.6 Å². The van der Waals surface area contributed by atoms with Crippen LogP contribution in [0.15, 0.2) is 54.9 Å². The Balaban J connectivity index is 1.62. The van der Waals surface area contributed by atoms with Crippen LogP contribution in [0, 0.1) is 17.0 Å². The minimum absolute atomic E-state index is 0.128. The van der Waals surface area contributed by atoms with E-state index in [1.807, 2.05) is 6.92 Å². The Bertz CT molecular complexity index is 1520. The number of thiophene rings is 1. The van der Waals surface area contributed by atoms with Crippen LogP contribution in [0.1, 0.15) is 15.4 Å². The van der Waals surface area contributed by atoms with Gasteiger partial charge in [-0.2, -0.15) is 20.2 Å². The van der Waals surface area contributed by atoms with E-state index in [1.165, 1.54) is 23.0 Å². The van der Waals surface area contributed by atoms with Crippen molar-refractivity contribution in [2.24, 2.45) is 0 Å². The molecule has 1 aromatic carbocycles. The topological polar surface area (TPSA) is 134 Å². The average Bonchev–Trinajstić information content (AvgIpc) is 3.53. The number of rotatable bonds is 5. The number of carbonyl (C=O) groups excluding carboxylic acids is 1. The van der Waals surface area contributed by atoms with Crippen molar-refractivity contribution in [3.63, 3.8) is 0 Å². The highest BCUT2D eigenvalue weighted by Crippen LogP contribution is 2.28. The first-order chi connectivity index (χ1) is 15.9. The Labute approximate surface area is 194 Å². The Hall–Kier alpha value is -4.16. The summed E-state index contributed by atoms with van der Waals surface area (Å²) in [4.78, 5) is 32.5. The van der Waals surface area contributed by atoms with Crippen LogP contribution in [0.4, 0.5) is 10.8 Å². The molecule has 0 saturated carbocycles. The number of aromatic nitrogens is 6. The zero-order valence-corrected chi connectivity index (χ0v) is 18.4. The fourth-order valence-corrected chi connectivity index (χ4v) is 3.95. The molecule has 0 bridgehead atoms. The number of carbonyl (C=O) groups is 1. The molecule has 0 fully saturated rings. The normalized spacial score (nSPS) is 11.1. The molecule has 0 aliphatic carbocycles. The molecule has 11 nitrogen and oxygen atoms in total. The molecule has 5 rings (SSSR count). The highest BCUT2D eigenvalue weighted by molar-refractivity contribution is 7.17. The van der Waals surface area contributed by atoms with Gasteiger partial charge in [0.1, 0.15) is 5.82 Å². The van der Waals surface area contributed by atoms with Crippen LogP contribution in [0.5, 0.6) is 0 Å². The molecule has 0 unspecified atom stereocenters. The Morgan fingerprint density at radius 3 is 2.61 bits per heavy atom. The minimum Gasteiger partial charge on any atom is -0.305 e. The molecular formula is C20H13ClN8O3S. The molecule has 0 aliphatic heterocycles. The third-order valence-corrected chi connectivity index (χ3v) is 5.93. The lowest BCUT2D eigenvalue weighted by Crippen LogP contribution is -2.14. The molecule has 164 valence electrons. The number of benzene rings is 1. The SMILES string of the molecule is Cc1ccn(-c2nc(NC(=O)c3ccc([N+](=O)[O-])s3)c3cnn(-c4ccc(Cl)cc4)c3n2)n1. The first-order valence-corrected chi connectivity index (χ1v) is 10.7. The maximum Gasteiger partial charge on any atom is 0.324 e. The molecule has 0 aliphatic rings. The molecule has 0 saturated heterocycles. The summed E-state index contributed by atoms with van der Waals surface area (Å²) < 4.78 is 3.08. The molecule has 0 spiro atoms. The van der Waals surface area contributed by atoms with Gasteiger partial charge < -0.3 is 5.32 Å². The van der Waals surface area contributed by atoms with Crippen LogP contribution < -0.4 is 5.32 Å². The monoisotopic (exact) mass is 480 g/mol. The van der Waals surface area contributed by atoms with E-state index >= 15 is 0 Å². The molecule has 1 amide bonds. The summed E-state index contributed by atoms with van der Waals surface area (Å²) in [6.45, 7) is 1.83. The molecule has 0 radical (unpaired) electrons. The van der Waals surface area contributed by atoms with Crippen molar-refractivity contribution in [3.05, 3.63) is 80.6 Å². The van der Waals surface area contributed by atoms with Gasteiger partial charge in [-0.1, -0.05) is 22.9 Å². The summed E-state index contributed by atoms with van der Waals surface area (Å²) in [6, 6.07) is 11.5. The summed E-state index contributed by atoms with van der Waals surface area (Å²) >= 11 is 6.78. The molecule has 4 aromatic heterocycles. The van der Waals surface area contributed by atoms with Crippen molar-refractivity contribution >= 4 is 50.7 Å². The maximum absolute atomic E-state index is 12.8. The first kappa shape index (κ1) is 20.7. The predicted molar refractivity (Wildman–Crippen MR) is 122 cm³/mol. The van der Waals surface area contributed by atoms with E-state index in [0.29, 0.717) is 21.7 Å². The zero-order chi connectivity index (χ0) is 23.1. The van der Waals surface area contributed by atoms with Gasteiger partial charge in [0.25, 0.3) is 11.9 Å². The Morgan fingerprint density at radius 1 is 1.15 bits per heavy atom. The number of anilines is 1. The van der Waals surface area contributed by atoms with E-state index in [9.17, 15) is 14.9 Å². The second-order valence-corrected chi connectivity index (χ2v) is 8.39. The third-order valence-electron chi connectivity index (χ3n) is 4.64. The van der Waals surface area contributed by atoms with Gasteiger partial charge in [-0.15, -0.1) is 0 Å². The van der Waals surface area contributed by atoms with Gasteiger partial charge in [0, 0.05) is 17.3 Å². The number of fused-ring (bicyclic) bond motifs is 1. The van der Waals surface area contributed by atoms with Crippen molar-refractivity contribution < 1.29 is 9.72 Å². The van der Waals surface area contributed by atoms with E-state index in [1.54, 1.807) is 41.2 Å². The van der Waals surface area contributed by atoms with Crippen molar-refractivity contribution in [3.8, 4) is 11.6 Å². The molecular weight excluding hydrogens is 468 g/mol. The Morgan fingerprint density at radius 2 is 1.94 bits per heavy atom. The van der Waals surface area contributed by atoms with Gasteiger partial charge >= 0.3 is 5.00 Å². The fraction of sp³-hybridized carbons (Fsp3) is 0.0500. The van der Waals surface area contributed by atoms with E-state index in [0.717, 1.165) is 17.0 Å². The quantitative estimate of drug-likeness (QED) is 0.294. The van der Waals surface area contributed by atoms with Crippen LogP contribution in [0.2, 0.25) is 5.02 Å². The van der Waals surface area contributed by atoms with Gasteiger partial charge in [-0.05, 0) is 43.3 Å². The van der Waals surface area contributed by atoms with Crippen LogP contribution in [0.3, 0.4) is 0 Å². The van der Waals surface area contributed by atoms with Crippen molar-refractivity contribution in [1.82, 2.24) is 29.5 Å². The van der Waals surface area contributed by atoms with Crippen LogP contribution in [-0.2, 0) is 0 Å². The van der Waals surface area contributed by atoms with Crippen molar-refractivity contribution in [2.45, 2.75) is 6.92 Å². The minimum atomic E-state index is -0.543. The molecule has 33 heavy (non-hydrogen) atoms. The number of hydrogen-bond donors (Lipinski definition) is 1. The number of amides is 1. The number of nitro groups is 1. The van der Waals surface area contributed by atoms with E-state index < -0.39 is 10.8 Å². The number of hydrogen-bond acceptors (Lipinski definition) is 8. The molecule has 0 atom stereocenters. The van der Waals surface area contributed by atoms with Crippen LogP contribution in [-0.4, -0.2) is 40.4 Å².